The number of nitrogens with one attached hydrogen (secondary N) is 1. The second-order valence-corrected chi connectivity index (χ2v) is 7.12. The molecule has 1 amide bonds. The van der Waals surface area contributed by atoms with Gasteiger partial charge in [0.1, 0.15) is 0 Å². The molecule has 1 aromatic heterocycles. The zero-order valence-electron chi connectivity index (χ0n) is 14.8. The fourth-order valence-corrected chi connectivity index (χ4v) is 3.58. The third kappa shape index (κ3) is 4.89. The first-order chi connectivity index (χ1) is 12.1. The fraction of sp³-hybridized carbons (Fsp3) is 0.429. The van der Waals surface area contributed by atoms with Crippen LogP contribution in [0.15, 0.2) is 48.7 Å². The van der Waals surface area contributed by atoms with Crippen molar-refractivity contribution < 1.29 is 4.79 Å². The summed E-state index contributed by atoms with van der Waals surface area (Å²) < 4.78 is 0. The number of rotatable bonds is 6. The van der Waals surface area contributed by atoms with Crippen molar-refractivity contribution in [2.75, 3.05) is 0 Å². The Bertz CT molecular complexity index is 684. The van der Waals surface area contributed by atoms with Crippen LogP contribution >= 0.6 is 0 Å². The topological polar surface area (TPSA) is 68.0 Å². The standard InChI is InChI=1S/C21H27N3O/c1-15-8-10-16(11-9-15)13-20(19-7-2-3-12-23-19)24-21(25)14-17-5-4-6-18(17)22/h2-3,7-12,17-18,20H,4-6,13-14,22H2,1H3,(H,24,25)/t17-,18+,20?/m0/s1. The largest absolute Gasteiger partial charge is 0.347 e. The number of amides is 1. The molecule has 1 heterocycles. The van der Waals surface area contributed by atoms with E-state index in [9.17, 15) is 4.79 Å². The molecule has 0 aliphatic heterocycles. The van der Waals surface area contributed by atoms with E-state index in [2.05, 4.69) is 41.5 Å². The van der Waals surface area contributed by atoms with E-state index in [0.29, 0.717) is 12.3 Å². The summed E-state index contributed by atoms with van der Waals surface area (Å²) >= 11 is 0. The average Bonchev–Trinajstić information content (AvgIpc) is 3.02. The van der Waals surface area contributed by atoms with Gasteiger partial charge < -0.3 is 11.1 Å². The Kier molecular flexibility index (Phi) is 5.82. The van der Waals surface area contributed by atoms with Crippen molar-refractivity contribution in [1.29, 1.82) is 0 Å². The molecule has 1 aliphatic rings. The second-order valence-electron chi connectivity index (χ2n) is 7.12. The lowest BCUT2D eigenvalue weighted by molar-refractivity contribution is -0.122. The Morgan fingerprint density at radius 2 is 2.04 bits per heavy atom. The van der Waals surface area contributed by atoms with Gasteiger partial charge in [0.2, 0.25) is 5.91 Å². The van der Waals surface area contributed by atoms with Crippen molar-refractivity contribution in [2.45, 2.75) is 51.1 Å². The highest BCUT2D eigenvalue weighted by Crippen LogP contribution is 2.27. The second kappa shape index (κ2) is 8.26. The molecule has 1 saturated carbocycles. The first-order valence-corrected chi connectivity index (χ1v) is 9.13. The minimum atomic E-state index is -0.117. The molecular formula is C21H27N3O. The lowest BCUT2D eigenvalue weighted by Crippen LogP contribution is -2.34. The Hall–Kier alpha value is -2.20. The number of aromatic nitrogens is 1. The van der Waals surface area contributed by atoms with Crippen LogP contribution in [0.5, 0.6) is 0 Å². The Morgan fingerprint density at radius 1 is 1.24 bits per heavy atom. The summed E-state index contributed by atoms with van der Waals surface area (Å²) in [6.45, 7) is 2.08. The van der Waals surface area contributed by atoms with Gasteiger partial charge in [-0.25, -0.2) is 0 Å². The predicted molar refractivity (Wildman–Crippen MR) is 99.9 cm³/mol. The van der Waals surface area contributed by atoms with Crippen molar-refractivity contribution in [3.05, 3.63) is 65.5 Å². The summed E-state index contributed by atoms with van der Waals surface area (Å²) in [4.78, 5) is 17.0. The highest BCUT2D eigenvalue weighted by Gasteiger charge is 2.27. The van der Waals surface area contributed by atoms with E-state index in [1.807, 2.05) is 18.2 Å². The predicted octanol–water partition coefficient (Wildman–Crippen LogP) is 3.31. The van der Waals surface area contributed by atoms with Crippen molar-refractivity contribution >= 4 is 5.91 Å². The maximum atomic E-state index is 12.6. The molecule has 4 heteroatoms. The molecule has 0 spiro atoms. The molecule has 2 aromatic rings. The van der Waals surface area contributed by atoms with E-state index in [1.54, 1.807) is 6.20 Å². The molecule has 25 heavy (non-hydrogen) atoms. The molecule has 0 bridgehead atoms. The zero-order chi connectivity index (χ0) is 17.6. The molecule has 0 saturated heterocycles. The van der Waals surface area contributed by atoms with Crippen molar-refractivity contribution in [3.8, 4) is 0 Å². The van der Waals surface area contributed by atoms with E-state index < -0.39 is 0 Å². The van der Waals surface area contributed by atoms with Gasteiger partial charge in [-0.2, -0.15) is 0 Å². The summed E-state index contributed by atoms with van der Waals surface area (Å²) in [7, 11) is 0. The lowest BCUT2D eigenvalue weighted by atomic mass is 9.98. The fourth-order valence-electron chi connectivity index (χ4n) is 3.58. The number of carbonyl (C=O) groups is 1. The molecule has 4 nitrogen and oxygen atoms in total. The minimum absolute atomic E-state index is 0.0742. The number of aryl methyl sites for hydroxylation is 1. The van der Waals surface area contributed by atoms with Crippen LogP contribution in [0.25, 0.3) is 0 Å². The first-order valence-electron chi connectivity index (χ1n) is 9.13. The number of pyridine rings is 1. The number of hydrogen-bond donors (Lipinski definition) is 2. The molecule has 3 rings (SSSR count). The molecule has 1 unspecified atom stereocenters. The molecular weight excluding hydrogens is 310 g/mol. The normalized spacial score (nSPS) is 21.0. The average molecular weight is 337 g/mol. The smallest absolute Gasteiger partial charge is 0.220 e. The summed E-state index contributed by atoms with van der Waals surface area (Å²) in [6.07, 6.45) is 6.24. The number of nitrogens with zero attached hydrogens (tertiary/aromatic N) is 1. The van der Waals surface area contributed by atoms with E-state index in [1.165, 1.54) is 11.1 Å². The lowest BCUT2D eigenvalue weighted by Gasteiger charge is -2.21. The van der Waals surface area contributed by atoms with Gasteiger partial charge in [0, 0.05) is 18.7 Å². The van der Waals surface area contributed by atoms with Gasteiger partial charge in [0.05, 0.1) is 11.7 Å². The quantitative estimate of drug-likeness (QED) is 0.850. The molecule has 1 aliphatic carbocycles. The summed E-state index contributed by atoms with van der Waals surface area (Å²) in [5, 5.41) is 3.19. The van der Waals surface area contributed by atoms with Crippen LogP contribution in [0.3, 0.4) is 0 Å². The van der Waals surface area contributed by atoms with Gasteiger partial charge >= 0.3 is 0 Å². The summed E-state index contributed by atoms with van der Waals surface area (Å²) in [5.41, 5.74) is 9.44. The molecule has 3 atom stereocenters. The van der Waals surface area contributed by atoms with Crippen LogP contribution in [0.4, 0.5) is 0 Å². The Morgan fingerprint density at radius 3 is 2.68 bits per heavy atom. The summed E-state index contributed by atoms with van der Waals surface area (Å²) in [5.74, 6) is 0.383. The number of carbonyl (C=O) groups excluding carboxylic acids is 1. The first kappa shape index (κ1) is 17.6. The maximum absolute atomic E-state index is 12.6. The Balaban J connectivity index is 1.70. The zero-order valence-corrected chi connectivity index (χ0v) is 14.8. The third-order valence-corrected chi connectivity index (χ3v) is 5.11. The van der Waals surface area contributed by atoms with Crippen molar-refractivity contribution in [3.63, 3.8) is 0 Å². The number of hydrogen-bond acceptors (Lipinski definition) is 3. The third-order valence-electron chi connectivity index (χ3n) is 5.11. The monoisotopic (exact) mass is 337 g/mol. The molecule has 3 N–H and O–H groups in total. The van der Waals surface area contributed by atoms with Crippen LogP contribution in [-0.4, -0.2) is 16.9 Å². The van der Waals surface area contributed by atoms with E-state index >= 15 is 0 Å². The van der Waals surface area contributed by atoms with Crippen LogP contribution in [0.2, 0.25) is 0 Å². The van der Waals surface area contributed by atoms with Crippen LogP contribution in [-0.2, 0) is 11.2 Å². The highest BCUT2D eigenvalue weighted by molar-refractivity contribution is 5.76. The summed E-state index contributed by atoms with van der Waals surface area (Å²) in [6, 6.07) is 14.3. The number of nitrogens with two attached hydrogens (primary N) is 1. The molecule has 0 radical (unpaired) electrons. The van der Waals surface area contributed by atoms with Gasteiger partial charge in [-0.05, 0) is 49.8 Å². The van der Waals surface area contributed by atoms with Gasteiger partial charge in [-0.3, -0.25) is 9.78 Å². The maximum Gasteiger partial charge on any atom is 0.220 e. The van der Waals surface area contributed by atoms with Crippen LogP contribution < -0.4 is 11.1 Å². The van der Waals surface area contributed by atoms with Crippen molar-refractivity contribution in [2.24, 2.45) is 11.7 Å². The van der Waals surface area contributed by atoms with Gasteiger partial charge in [0.15, 0.2) is 0 Å². The van der Waals surface area contributed by atoms with E-state index in [0.717, 1.165) is 31.4 Å². The van der Waals surface area contributed by atoms with Gasteiger partial charge in [0.25, 0.3) is 0 Å². The van der Waals surface area contributed by atoms with Crippen molar-refractivity contribution in [1.82, 2.24) is 10.3 Å². The van der Waals surface area contributed by atoms with Gasteiger partial charge in [-0.1, -0.05) is 42.3 Å². The SMILES string of the molecule is Cc1ccc(CC(NC(=O)C[C@@H]2CCC[C@H]2N)c2ccccn2)cc1. The van der Waals surface area contributed by atoms with E-state index in [4.69, 9.17) is 5.73 Å². The Labute approximate surface area is 149 Å². The minimum Gasteiger partial charge on any atom is -0.347 e. The van der Waals surface area contributed by atoms with E-state index in [-0.39, 0.29) is 18.0 Å². The van der Waals surface area contributed by atoms with Gasteiger partial charge in [-0.15, -0.1) is 0 Å². The number of benzene rings is 1. The molecule has 132 valence electrons. The van der Waals surface area contributed by atoms with Crippen LogP contribution in [0.1, 0.15) is 48.5 Å². The molecule has 1 fully saturated rings. The van der Waals surface area contributed by atoms with Crippen LogP contribution in [0, 0.1) is 12.8 Å². The molecule has 1 aromatic carbocycles. The highest BCUT2D eigenvalue weighted by atomic mass is 16.1.